The van der Waals surface area contributed by atoms with E-state index >= 15 is 0 Å². The van der Waals surface area contributed by atoms with E-state index in [1.807, 2.05) is 24.3 Å². The zero-order valence-corrected chi connectivity index (χ0v) is 11.9. The molecule has 1 aliphatic rings. The van der Waals surface area contributed by atoms with Crippen LogP contribution >= 0.6 is 11.6 Å². The van der Waals surface area contributed by atoms with Gasteiger partial charge in [0.25, 0.3) is 0 Å². The van der Waals surface area contributed by atoms with E-state index in [1.54, 1.807) is 0 Å². The third kappa shape index (κ3) is 3.63. The Morgan fingerprint density at radius 1 is 1.05 bits per heavy atom. The first-order valence-corrected chi connectivity index (χ1v) is 7.34. The van der Waals surface area contributed by atoms with Crippen LogP contribution < -0.4 is 11.1 Å². The number of nitrogens with one attached hydrogen (secondary N) is 1. The number of nitrogens with two attached hydrogens (primary N) is 1. The van der Waals surface area contributed by atoms with Crippen molar-refractivity contribution < 1.29 is 4.79 Å². The number of halogens is 1. The topological polar surface area (TPSA) is 55.1 Å². The highest BCUT2D eigenvalue weighted by Gasteiger charge is 2.36. The van der Waals surface area contributed by atoms with Crippen molar-refractivity contribution in [1.82, 2.24) is 0 Å². The molecule has 1 amide bonds. The molecule has 19 heavy (non-hydrogen) atoms. The molecule has 0 bridgehead atoms. The molecule has 1 aliphatic carbocycles. The number of carbonyl (C=O) groups is 1. The van der Waals surface area contributed by atoms with Crippen molar-refractivity contribution in [3.8, 4) is 0 Å². The highest BCUT2D eigenvalue weighted by molar-refractivity contribution is 6.30. The van der Waals surface area contributed by atoms with Crippen LogP contribution in [0.3, 0.4) is 0 Å². The minimum Gasteiger partial charge on any atom is -0.371 e. The average Bonchev–Trinajstić information content (AvgIpc) is 2.35. The monoisotopic (exact) mass is 280 g/mol. The molecule has 3 N–H and O–H groups in total. The SMILES string of the molecule is NC(=O)C1(Nc2ccc(Cl)cc2)CCCCCCC1. The van der Waals surface area contributed by atoms with Gasteiger partial charge in [-0.1, -0.05) is 43.7 Å². The fourth-order valence-electron chi connectivity index (χ4n) is 2.75. The van der Waals surface area contributed by atoms with Gasteiger partial charge in [0, 0.05) is 10.7 Å². The maximum atomic E-state index is 11.9. The summed E-state index contributed by atoms with van der Waals surface area (Å²) in [5.41, 5.74) is 5.98. The van der Waals surface area contributed by atoms with E-state index in [2.05, 4.69) is 5.32 Å². The molecule has 0 saturated heterocycles. The molecule has 1 fully saturated rings. The van der Waals surface area contributed by atoms with Gasteiger partial charge in [-0.15, -0.1) is 0 Å². The Morgan fingerprint density at radius 2 is 1.58 bits per heavy atom. The van der Waals surface area contributed by atoms with Crippen LogP contribution in [0, 0.1) is 0 Å². The molecule has 0 aliphatic heterocycles. The maximum Gasteiger partial charge on any atom is 0.243 e. The van der Waals surface area contributed by atoms with Crippen LogP contribution in [0.4, 0.5) is 5.69 Å². The summed E-state index contributed by atoms with van der Waals surface area (Å²) in [6, 6.07) is 7.43. The van der Waals surface area contributed by atoms with Crippen LogP contribution in [0.5, 0.6) is 0 Å². The standard InChI is InChI=1S/C15H21ClN2O/c16-12-6-8-13(9-7-12)18-15(14(17)19)10-4-2-1-3-5-11-15/h6-9,18H,1-5,10-11H2,(H2,17,19). The van der Waals surface area contributed by atoms with E-state index in [0.717, 1.165) is 31.4 Å². The van der Waals surface area contributed by atoms with Crippen LogP contribution in [-0.2, 0) is 4.79 Å². The van der Waals surface area contributed by atoms with E-state index in [4.69, 9.17) is 17.3 Å². The van der Waals surface area contributed by atoms with Crippen molar-refractivity contribution in [2.75, 3.05) is 5.32 Å². The highest BCUT2D eigenvalue weighted by atomic mass is 35.5. The minimum atomic E-state index is -0.603. The van der Waals surface area contributed by atoms with E-state index in [-0.39, 0.29) is 5.91 Å². The van der Waals surface area contributed by atoms with E-state index < -0.39 is 5.54 Å². The molecule has 0 atom stereocenters. The summed E-state index contributed by atoms with van der Waals surface area (Å²) < 4.78 is 0. The second-order valence-corrected chi connectivity index (χ2v) is 5.78. The van der Waals surface area contributed by atoms with E-state index in [0.29, 0.717) is 5.02 Å². The Labute approximate surface area is 119 Å². The van der Waals surface area contributed by atoms with Gasteiger partial charge in [0.2, 0.25) is 5.91 Å². The van der Waals surface area contributed by atoms with Crippen molar-refractivity contribution in [2.24, 2.45) is 5.73 Å². The fraction of sp³-hybridized carbons (Fsp3) is 0.533. The Hall–Kier alpha value is -1.22. The summed E-state index contributed by atoms with van der Waals surface area (Å²) in [7, 11) is 0. The molecule has 0 aromatic heterocycles. The van der Waals surface area contributed by atoms with E-state index in [1.165, 1.54) is 19.3 Å². The summed E-state index contributed by atoms with van der Waals surface area (Å²) in [5, 5.41) is 4.05. The summed E-state index contributed by atoms with van der Waals surface area (Å²) in [6.07, 6.45) is 7.33. The lowest BCUT2D eigenvalue weighted by atomic mass is 9.83. The molecule has 3 nitrogen and oxygen atoms in total. The van der Waals surface area contributed by atoms with Crippen LogP contribution in [0.15, 0.2) is 24.3 Å². The first kappa shape index (κ1) is 14.2. The number of primary amides is 1. The van der Waals surface area contributed by atoms with Crippen LogP contribution in [0.1, 0.15) is 44.9 Å². The number of amides is 1. The molecule has 0 unspecified atom stereocenters. The number of carbonyl (C=O) groups excluding carboxylic acids is 1. The van der Waals surface area contributed by atoms with Crippen LogP contribution in [0.2, 0.25) is 5.02 Å². The normalized spacial score (nSPS) is 19.2. The Balaban J connectivity index is 2.17. The lowest BCUT2D eigenvalue weighted by molar-refractivity contribution is -0.123. The number of benzene rings is 1. The molecule has 1 aromatic carbocycles. The van der Waals surface area contributed by atoms with Crippen LogP contribution in [-0.4, -0.2) is 11.4 Å². The van der Waals surface area contributed by atoms with Crippen molar-refractivity contribution in [1.29, 1.82) is 0 Å². The minimum absolute atomic E-state index is 0.246. The Bertz CT molecular complexity index is 422. The molecule has 104 valence electrons. The van der Waals surface area contributed by atoms with E-state index in [9.17, 15) is 4.79 Å². The number of hydrogen-bond acceptors (Lipinski definition) is 2. The van der Waals surface area contributed by atoms with Gasteiger partial charge in [-0.2, -0.15) is 0 Å². The van der Waals surface area contributed by atoms with Gasteiger partial charge in [-0.25, -0.2) is 0 Å². The second-order valence-electron chi connectivity index (χ2n) is 5.35. The van der Waals surface area contributed by atoms with Gasteiger partial charge < -0.3 is 11.1 Å². The predicted molar refractivity (Wildman–Crippen MR) is 79.3 cm³/mol. The largest absolute Gasteiger partial charge is 0.371 e. The fourth-order valence-corrected chi connectivity index (χ4v) is 2.88. The van der Waals surface area contributed by atoms with Crippen molar-refractivity contribution >= 4 is 23.2 Å². The molecule has 1 aromatic rings. The number of anilines is 1. The number of rotatable bonds is 3. The van der Waals surface area contributed by atoms with Crippen molar-refractivity contribution in [3.63, 3.8) is 0 Å². The summed E-state index contributed by atoms with van der Waals surface area (Å²) >= 11 is 5.88. The maximum absolute atomic E-state index is 11.9. The second kappa shape index (κ2) is 6.29. The van der Waals surface area contributed by atoms with Gasteiger partial charge in [0.15, 0.2) is 0 Å². The molecule has 2 rings (SSSR count). The van der Waals surface area contributed by atoms with Gasteiger partial charge in [0.1, 0.15) is 5.54 Å². The van der Waals surface area contributed by atoms with Gasteiger partial charge in [0.05, 0.1) is 0 Å². The Kier molecular flexibility index (Phi) is 4.70. The average molecular weight is 281 g/mol. The van der Waals surface area contributed by atoms with Crippen molar-refractivity contribution in [2.45, 2.75) is 50.5 Å². The smallest absolute Gasteiger partial charge is 0.243 e. The Morgan fingerprint density at radius 3 is 2.11 bits per heavy atom. The summed E-state index contributed by atoms with van der Waals surface area (Å²) in [5.74, 6) is -0.246. The molecule has 0 radical (unpaired) electrons. The molecule has 0 spiro atoms. The van der Waals surface area contributed by atoms with Gasteiger partial charge >= 0.3 is 0 Å². The first-order chi connectivity index (χ1) is 9.12. The third-order valence-electron chi connectivity index (χ3n) is 3.91. The zero-order chi connectivity index (χ0) is 13.7. The van der Waals surface area contributed by atoms with Gasteiger partial charge in [-0.3, -0.25) is 4.79 Å². The molecule has 0 heterocycles. The highest BCUT2D eigenvalue weighted by Crippen LogP contribution is 2.30. The first-order valence-electron chi connectivity index (χ1n) is 6.96. The molecular weight excluding hydrogens is 260 g/mol. The quantitative estimate of drug-likeness (QED) is 0.886. The molecule has 4 heteroatoms. The molecule has 1 saturated carbocycles. The van der Waals surface area contributed by atoms with Crippen LogP contribution in [0.25, 0.3) is 0 Å². The number of hydrogen-bond donors (Lipinski definition) is 2. The zero-order valence-electron chi connectivity index (χ0n) is 11.1. The lowest BCUT2D eigenvalue weighted by Crippen LogP contribution is -2.50. The lowest BCUT2D eigenvalue weighted by Gasteiger charge is -2.34. The summed E-state index contributed by atoms with van der Waals surface area (Å²) in [4.78, 5) is 11.9. The molecular formula is C15H21ClN2O. The van der Waals surface area contributed by atoms with Gasteiger partial charge in [-0.05, 0) is 37.1 Å². The van der Waals surface area contributed by atoms with Crippen molar-refractivity contribution in [3.05, 3.63) is 29.3 Å². The third-order valence-corrected chi connectivity index (χ3v) is 4.16. The summed E-state index contributed by atoms with van der Waals surface area (Å²) in [6.45, 7) is 0. The predicted octanol–water partition coefficient (Wildman–Crippen LogP) is 3.72.